The summed E-state index contributed by atoms with van der Waals surface area (Å²) in [4.78, 5) is 52.9. The quantitative estimate of drug-likeness (QED) is 0.222. The van der Waals surface area contributed by atoms with Crippen LogP contribution in [0.15, 0.2) is 48.5 Å². The molecule has 5 fully saturated rings. The largest absolute Gasteiger partial charge is 0.489 e. The highest BCUT2D eigenvalue weighted by Gasteiger charge is 2.64. The van der Waals surface area contributed by atoms with Crippen molar-refractivity contribution in [3.63, 3.8) is 0 Å². The third-order valence-electron chi connectivity index (χ3n) is 9.60. The second-order valence-corrected chi connectivity index (χ2v) is 17.0. The van der Waals surface area contributed by atoms with Crippen LogP contribution < -0.4 is 4.74 Å². The van der Waals surface area contributed by atoms with Gasteiger partial charge in [0.25, 0.3) is 5.79 Å². The number of amides is 1. The van der Waals surface area contributed by atoms with Crippen LogP contribution in [0.4, 0.5) is 4.79 Å². The van der Waals surface area contributed by atoms with Crippen molar-refractivity contribution in [2.75, 3.05) is 0 Å². The fourth-order valence-electron chi connectivity index (χ4n) is 7.48. The summed E-state index contributed by atoms with van der Waals surface area (Å²) in [5, 5.41) is 0. The molecular formula is C36H42INO8. The van der Waals surface area contributed by atoms with E-state index in [0.717, 1.165) is 40.4 Å². The second-order valence-electron chi connectivity index (χ2n) is 14.2. The molecule has 0 unspecified atom stereocenters. The summed E-state index contributed by atoms with van der Waals surface area (Å²) in [5.41, 5.74) is 1.06. The zero-order chi connectivity index (χ0) is 32.8. The van der Waals surface area contributed by atoms with Crippen molar-refractivity contribution in [2.45, 2.75) is 97.3 Å². The van der Waals surface area contributed by atoms with Crippen molar-refractivity contribution in [3.05, 3.63) is 63.2 Å². The van der Waals surface area contributed by atoms with Gasteiger partial charge < -0.3 is 18.9 Å². The van der Waals surface area contributed by atoms with Gasteiger partial charge in [-0.3, -0.25) is 9.69 Å². The molecule has 4 aliphatic carbocycles. The maximum atomic E-state index is 13.3. The fraction of sp³-hybridized carbons (Fsp3) is 0.528. The minimum Gasteiger partial charge on any atom is -0.489 e. The molecule has 4 bridgehead atoms. The van der Waals surface area contributed by atoms with Crippen LogP contribution in [0, 0.1) is 27.2 Å². The predicted molar refractivity (Wildman–Crippen MR) is 179 cm³/mol. The SMILES string of the molecule is CC(=O)[C@H](C)N(Cc1ccc(OCc2cccc(I=C3C(=O)OC4(OC3=O)C3CC5CC(C3)CC4C5)c2)cc1)C(=O)OC(C)(C)C. The van der Waals surface area contributed by atoms with E-state index in [9.17, 15) is 19.2 Å². The highest BCUT2D eigenvalue weighted by molar-refractivity contribution is 14.2. The summed E-state index contributed by atoms with van der Waals surface area (Å²) in [6.45, 7) is 9.03. The van der Waals surface area contributed by atoms with Crippen LogP contribution in [0.5, 0.6) is 5.75 Å². The Morgan fingerprint density at radius 1 is 0.935 bits per heavy atom. The molecule has 0 N–H and O–H groups in total. The van der Waals surface area contributed by atoms with Crippen LogP contribution in [0.25, 0.3) is 0 Å². The number of carbonyl (C=O) groups excluding carboxylic acids is 4. The number of ether oxygens (including phenoxy) is 4. The van der Waals surface area contributed by atoms with Gasteiger partial charge in [-0.1, -0.05) is 45.0 Å². The third kappa shape index (κ3) is 6.87. The van der Waals surface area contributed by atoms with E-state index in [4.69, 9.17) is 18.9 Å². The van der Waals surface area contributed by atoms with Crippen molar-refractivity contribution < 1.29 is 38.1 Å². The number of rotatable bonds is 8. The van der Waals surface area contributed by atoms with Gasteiger partial charge >= 0.3 is 18.0 Å². The molecule has 7 rings (SSSR count). The number of ketones is 1. The monoisotopic (exact) mass is 743 g/mol. The molecule has 246 valence electrons. The van der Waals surface area contributed by atoms with Crippen LogP contribution >= 0.6 is 20.7 Å². The molecule has 4 saturated carbocycles. The molecule has 46 heavy (non-hydrogen) atoms. The Hall–Kier alpha value is -3.28. The number of carbonyl (C=O) groups is 4. The summed E-state index contributed by atoms with van der Waals surface area (Å²) in [6, 6.07) is 14.4. The molecule has 2 aromatic carbocycles. The molecule has 5 aliphatic rings. The van der Waals surface area contributed by atoms with E-state index in [0.29, 0.717) is 24.2 Å². The molecule has 0 aromatic heterocycles. The Kier molecular flexibility index (Phi) is 9.04. The molecule has 1 atom stereocenters. The molecule has 1 heterocycles. The number of hydrogen-bond donors (Lipinski definition) is 0. The van der Waals surface area contributed by atoms with Crippen LogP contribution in [0.3, 0.4) is 0 Å². The molecule has 10 heteroatoms. The zero-order valence-electron chi connectivity index (χ0n) is 27.0. The van der Waals surface area contributed by atoms with E-state index in [1.54, 1.807) is 27.7 Å². The normalized spacial score (nSPS) is 27.2. The Balaban J connectivity index is 1.08. The lowest BCUT2D eigenvalue weighted by Crippen LogP contribution is -2.65. The standard InChI is InChI=1S/C36H42INO8/c1-21(22(2)39)38(34(42)46-35(3,4)5)19-23-9-11-30(12-10-23)43-20-24-7-6-8-29(18-24)37-31-32(40)44-36(45-33(31)41)27-14-25-13-26(16-27)17-28(36)15-25/h6-12,18,21,25-28H,13-17,19-20H2,1-5H3/t21-,25?,26?,27?,28?/m0/s1. The van der Waals surface area contributed by atoms with E-state index < -0.39 is 56.2 Å². The molecule has 1 amide bonds. The number of benzene rings is 2. The first-order valence-electron chi connectivity index (χ1n) is 16.1. The first-order valence-corrected chi connectivity index (χ1v) is 18.2. The van der Waals surface area contributed by atoms with Gasteiger partial charge in [-0.2, -0.15) is 0 Å². The summed E-state index contributed by atoms with van der Waals surface area (Å²) in [5.74, 6) is 0.0458. The number of halogens is 1. The lowest BCUT2D eigenvalue weighted by molar-refractivity contribution is -0.308. The molecular weight excluding hydrogens is 701 g/mol. The maximum Gasteiger partial charge on any atom is 0.411 e. The van der Waals surface area contributed by atoms with Gasteiger partial charge in [-0.15, -0.1) is 0 Å². The topological polar surface area (TPSA) is 108 Å². The van der Waals surface area contributed by atoms with Crippen molar-refractivity contribution in [2.24, 2.45) is 23.7 Å². The molecule has 9 nitrogen and oxygen atoms in total. The lowest BCUT2D eigenvalue weighted by Gasteiger charge is -2.59. The fourth-order valence-corrected chi connectivity index (χ4v) is 9.71. The van der Waals surface area contributed by atoms with Crippen LogP contribution in [0.1, 0.15) is 77.8 Å². The van der Waals surface area contributed by atoms with E-state index in [1.165, 1.54) is 18.2 Å². The maximum absolute atomic E-state index is 13.3. The Bertz CT molecular complexity index is 1510. The van der Waals surface area contributed by atoms with E-state index in [-0.39, 0.29) is 27.7 Å². The van der Waals surface area contributed by atoms with Gasteiger partial charge in [0, 0.05) is 22.0 Å². The van der Waals surface area contributed by atoms with Crippen molar-refractivity contribution in [3.8, 4) is 5.75 Å². The highest BCUT2D eigenvalue weighted by atomic mass is 127. The Morgan fingerprint density at radius 3 is 2.11 bits per heavy atom. The molecule has 1 spiro atoms. The predicted octanol–water partition coefficient (Wildman–Crippen LogP) is 6.55. The van der Waals surface area contributed by atoms with Gasteiger partial charge in [0.15, 0.2) is 9.29 Å². The van der Waals surface area contributed by atoms with E-state index in [1.807, 2.05) is 48.5 Å². The number of Topliss-reactive ketones (excluding diaryl/α,β-unsaturated/α-hetero) is 1. The molecule has 1 aliphatic heterocycles. The van der Waals surface area contributed by atoms with Crippen LogP contribution in [-0.4, -0.2) is 49.7 Å². The first-order chi connectivity index (χ1) is 21.8. The molecule has 0 radical (unpaired) electrons. The summed E-state index contributed by atoms with van der Waals surface area (Å²) in [7, 11) is 0. The van der Waals surface area contributed by atoms with Crippen molar-refractivity contribution >= 4 is 48.1 Å². The highest BCUT2D eigenvalue weighted by Crippen LogP contribution is 2.60. The van der Waals surface area contributed by atoms with Gasteiger partial charge in [0.1, 0.15) is 18.0 Å². The summed E-state index contributed by atoms with van der Waals surface area (Å²) in [6.07, 6.45) is 4.63. The number of hydrogen-bond acceptors (Lipinski definition) is 8. The number of nitrogens with zero attached hydrogens (tertiary/aromatic N) is 1. The minimum absolute atomic E-state index is 0.124. The van der Waals surface area contributed by atoms with Gasteiger partial charge in [0.05, 0.1) is 6.04 Å². The second kappa shape index (κ2) is 12.7. The van der Waals surface area contributed by atoms with Crippen LogP contribution in [-0.2, 0) is 41.7 Å². The van der Waals surface area contributed by atoms with Crippen molar-refractivity contribution in [1.29, 1.82) is 0 Å². The van der Waals surface area contributed by atoms with Gasteiger partial charge in [0.2, 0.25) is 0 Å². The van der Waals surface area contributed by atoms with Crippen molar-refractivity contribution in [1.82, 2.24) is 4.90 Å². The average Bonchev–Trinajstić information content (AvgIpc) is 2.98. The average molecular weight is 744 g/mol. The Labute approximate surface area is 280 Å². The number of esters is 2. The van der Waals surface area contributed by atoms with Crippen LogP contribution in [0.2, 0.25) is 0 Å². The Morgan fingerprint density at radius 2 is 1.54 bits per heavy atom. The minimum atomic E-state index is -1.11. The smallest absolute Gasteiger partial charge is 0.411 e. The summed E-state index contributed by atoms with van der Waals surface area (Å²) < 4.78 is 24.8. The summed E-state index contributed by atoms with van der Waals surface area (Å²) >= 11 is -1.11. The first kappa shape index (κ1) is 32.7. The van der Waals surface area contributed by atoms with Gasteiger partial charge in [-0.25, -0.2) is 14.4 Å². The van der Waals surface area contributed by atoms with Gasteiger partial charge in [-0.05, 0) is 114 Å². The lowest BCUT2D eigenvalue weighted by atomic mass is 9.53. The van der Waals surface area contributed by atoms with E-state index in [2.05, 4.69) is 0 Å². The molecule has 1 saturated heterocycles. The zero-order valence-corrected chi connectivity index (χ0v) is 29.2. The third-order valence-corrected chi connectivity index (χ3v) is 12.3. The molecule has 2 aromatic rings. The van der Waals surface area contributed by atoms with E-state index >= 15 is 0 Å².